The molecule has 0 spiro atoms. The molecule has 1 saturated heterocycles. The van der Waals surface area contributed by atoms with Gasteiger partial charge in [-0.25, -0.2) is 22.9 Å². The highest BCUT2D eigenvalue weighted by molar-refractivity contribution is 7.91. The first-order valence-corrected chi connectivity index (χ1v) is 15.9. The molecule has 1 atom stereocenters. The van der Waals surface area contributed by atoms with Gasteiger partial charge in [-0.2, -0.15) is 5.10 Å². The smallest absolute Gasteiger partial charge is 0.251 e. The van der Waals surface area contributed by atoms with Gasteiger partial charge in [-0.05, 0) is 49.7 Å². The van der Waals surface area contributed by atoms with Crippen molar-refractivity contribution < 1.29 is 13.2 Å². The van der Waals surface area contributed by atoms with Gasteiger partial charge < -0.3 is 10.2 Å². The average molecular weight is 568 g/mol. The number of hydrogen-bond acceptors (Lipinski definition) is 9. The molecular weight excluding hydrogens is 534 g/mol. The second-order valence-electron chi connectivity index (χ2n) is 9.85. The lowest BCUT2D eigenvalue weighted by atomic mass is 10.1. The number of thiophene rings is 1. The third kappa shape index (κ3) is 5.68. The van der Waals surface area contributed by atoms with Crippen molar-refractivity contribution in [2.24, 2.45) is 0 Å². The molecule has 10 nitrogen and oxygen atoms in total. The van der Waals surface area contributed by atoms with E-state index in [1.165, 1.54) is 6.26 Å². The lowest BCUT2D eigenvalue weighted by Crippen LogP contribution is -2.54. The Labute approximate surface area is 232 Å². The molecule has 1 fully saturated rings. The fourth-order valence-corrected chi connectivity index (χ4v) is 6.37. The summed E-state index contributed by atoms with van der Waals surface area (Å²) in [7, 11) is -3.15. The van der Waals surface area contributed by atoms with E-state index in [4.69, 9.17) is 9.97 Å². The van der Waals surface area contributed by atoms with Gasteiger partial charge in [-0.1, -0.05) is 19.9 Å². The number of carbonyl (C=O) groups is 1. The summed E-state index contributed by atoms with van der Waals surface area (Å²) in [6, 6.07) is 9.59. The zero-order chi connectivity index (χ0) is 27.7. The maximum Gasteiger partial charge on any atom is 0.251 e. The fourth-order valence-electron chi connectivity index (χ4n) is 4.77. The van der Waals surface area contributed by atoms with Crippen LogP contribution in [0.5, 0.6) is 0 Å². The summed E-state index contributed by atoms with van der Waals surface area (Å²) in [5.41, 5.74) is 3.17. The number of aromatic nitrogens is 4. The average Bonchev–Trinajstić information content (AvgIpc) is 3.56. The van der Waals surface area contributed by atoms with Crippen LogP contribution < -0.4 is 10.2 Å². The van der Waals surface area contributed by atoms with E-state index in [2.05, 4.69) is 36.1 Å². The van der Waals surface area contributed by atoms with Gasteiger partial charge >= 0.3 is 0 Å². The van der Waals surface area contributed by atoms with Crippen molar-refractivity contribution in [3.63, 3.8) is 0 Å². The summed E-state index contributed by atoms with van der Waals surface area (Å²) in [6.07, 6.45) is 4.82. The van der Waals surface area contributed by atoms with Gasteiger partial charge in [0.15, 0.2) is 15.5 Å². The van der Waals surface area contributed by atoms with Crippen LogP contribution in [0.25, 0.3) is 27.5 Å². The maximum absolute atomic E-state index is 13.3. The molecule has 1 unspecified atom stereocenters. The van der Waals surface area contributed by atoms with E-state index >= 15 is 0 Å². The molecule has 0 bridgehead atoms. The molecule has 4 aromatic rings. The Kier molecular flexibility index (Phi) is 7.70. The van der Waals surface area contributed by atoms with E-state index in [-0.39, 0.29) is 11.9 Å². The van der Waals surface area contributed by atoms with E-state index in [0.717, 1.165) is 23.7 Å². The summed E-state index contributed by atoms with van der Waals surface area (Å²) in [5, 5.41) is 9.09. The predicted molar refractivity (Wildman–Crippen MR) is 155 cm³/mol. The number of pyridine rings is 1. The van der Waals surface area contributed by atoms with E-state index in [1.54, 1.807) is 34.2 Å². The Hall–Kier alpha value is -3.35. The van der Waals surface area contributed by atoms with Crippen molar-refractivity contribution in [2.75, 3.05) is 43.9 Å². The minimum absolute atomic E-state index is 0.190. The standard InChI is InChI=1S/C27H33N7O3S2/c1-5-32(6-2)18(3)14-28-27(35)19-12-23(30-25(13-19)33-16-20(17-33)39(4,36)37)21-15-29-34-10-9-22(31-26(21)34)24-8-7-11-38-24/h7-13,15,18,20H,5-6,14,16-17H2,1-4H3,(H,28,35). The second-order valence-corrected chi connectivity index (χ2v) is 13.1. The lowest BCUT2D eigenvalue weighted by molar-refractivity contribution is 0.0938. The molecule has 0 aliphatic carbocycles. The van der Waals surface area contributed by atoms with Crippen molar-refractivity contribution in [3.05, 3.63) is 53.7 Å². The van der Waals surface area contributed by atoms with Gasteiger partial charge in [-0.15, -0.1) is 11.3 Å². The summed E-state index contributed by atoms with van der Waals surface area (Å²) >= 11 is 1.61. The van der Waals surface area contributed by atoms with Crippen LogP contribution >= 0.6 is 11.3 Å². The van der Waals surface area contributed by atoms with Crippen molar-refractivity contribution in [1.29, 1.82) is 0 Å². The number of fused-ring (bicyclic) bond motifs is 1. The molecule has 1 amide bonds. The van der Waals surface area contributed by atoms with Gasteiger partial charge in [0.1, 0.15) is 5.82 Å². The molecule has 12 heteroatoms. The molecule has 1 aliphatic rings. The maximum atomic E-state index is 13.3. The van der Waals surface area contributed by atoms with Crippen LogP contribution in [0, 0.1) is 0 Å². The molecule has 4 aromatic heterocycles. The zero-order valence-electron chi connectivity index (χ0n) is 22.5. The Morgan fingerprint density at radius 2 is 1.95 bits per heavy atom. The molecule has 0 aromatic carbocycles. The number of carbonyl (C=O) groups excluding carboxylic acids is 1. The Bertz CT molecular complexity index is 1570. The lowest BCUT2D eigenvalue weighted by Gasteiger charge is -2.39. The van der Waals surface area contributed by atoms with Crippen molar-refractivity contribution >= 4 is 38.5 Å². The molecule has 5 heterocycles. The number of rotatable bonds is 10. The molecule has 1 aliphatic heterocycles. The highest BCUT2D eigenvalue weighted by Gasteiger charge is 2.35. The van der Waals surface area contributed by atoms with E-state index in [9.17, 15) is 13.2 Å². The predicted octanol–water partition coefficient (Wildman–Crippen LogP) is 3.21. The van der Waals surface area contributed by atoms with Crippen LogP contribution in [0.3, 0.4) is 0 Å². The molecule has 0 saturated carbocycles. The summed E-state index contributed by atoms with van der Waals surface area (Å²) in [5.74, 6) is 0.353. The Morgan fingerprint density at radius 3 is 2.62 bits per heavy atom. The number of likely N-dealkylation sites (N-methyl/N-ethyl adjacent to an activating group) is 1. The normalized spacial score (nSPS) is 15.1. The van der Waals surface area contributed by atoms with E-state index in [1.807, 2.05) is 34.7 Å². The number of amides is 1. The first-order chi connectivity index (χ1) is 18.7. The SMILES string of the molecule is CCN(CC)C(C)CNC(=O)c1cc(-c2cnn3ccc(-c4cccs4)nc23)nc(N2CC(S(C)(=O)=O)C2)c1. The molecule has 1 N–H and O–H groups in total. The van der Waals surface area contributed by atoms with E-state index in [0.29, 0.717) is 47.9 Å². The van der Waals surface area contributed by atoms with E-state index < -0.39 is 15.1 Å². The topological polar surface area (TPSA) is 113 Å². The summed E-state index contributed by atoms with van der Waals surface area (Å²) < 4.78 is 25.7. The van der Waals surface area contributed by atoms with Crippen LogP contribution in [-0.2, 0) is 9.84 Å². The molecule has 39 heavy (non-hydrogen) atoms. The zero-order valence-corrected chi connectivity index (χ0v) is 24.2. The Morgan fingerprint density at radius 1 is 1.18 bits per heavy atom. The first kappa shape index (κ1) is 27.2. The van der Waals surface area contributed by atoms with Crippen molar-refractivity contribution in [2.45, 2.75) is 32.1 Å². The Balaban J connectivity index is 1.50. The van der Waals surface area contributed by atoms with Gasteiger partial charge in [0.2, 0.25) is 0 Å². The third-order valence-electron chi connectivity index (χ3n) is 7.26. The van der Waals surface area contributed by atoms with Crippen LogP contribution in [-0.4, -0.2) is 89.1 Å². The van der Waals surface area contributed by atoms with Gasteiger partial charge in [0, 0.05) is 43.7 Å². The molecule has 0 radical (unpaired) electrons. The number of nitrogens with one attached hydrogen (secondary N) is 1. The van der Waals surface area contributed by atoms with Crippen LogP contribution in [0.4, 0.5) is 5.82 Å². The number of nitrogens with zero attached hydrogens (tertiary/aromatic N) is 6. The molecule has 5 rings (SSSR count). The largest absolute Gasteiger partial charge is 0.354 e. The fraction of sp³-hybridized carbons (Fsp3) is 0.407. The van der Waals surface area contributed by atoms with Crippen LogP contribution in [0.1, 0.15) is 31.1 Å². The van der Waals surface area contributed by atoms with Crippen LogP contribution in [0.2, 0.25) is 0 Å². The number of hydrogen-bond donors (Lipinski definition) is 1. The second kappa shape index (κ2) is 11.0. The van der Waals surface area contributed by atoms with Gasteiger partial charge in [0.05, 0.1) is 33.3 Å². The number of anilines is 1. The number of sulfone groups is 1. The van der Waals surface area contributed by atoms with Crippen molar-refractivity contribution in [1.82, 2.24) is 29.8 Å². The van der Waals surface area contributed by atoms with Crippen molar-refractivity contribution in [3.8, 4) is 21.8 Å². The highest BCUT2D eigenvalue weighted by atomic mass is 32.2. The minimum Gasteiger partial charge on any atom is -0.354 e. The first-order valence-electron chi connectivity index (χ1n) is 13.0. The summed E-state index contributed by atoms with van der Waals surface area (Å²) in [6.45, 7) is 9.30. The van der Waals surface area contributed by atoms with Gasteiger partial charge in [0.25, 0.3) is 5.91 Å². The minimum atomic E-state index is -3.15. The van der Waals surface area contributed by atoms with Gasteiger partial charge in [-0.3, -0.25) is 9.69 Å². The molecular formula is C27H33N7O3S2. The highest BCUT2D eigenvalue weighted by Crippen LogP contribution is 2.31. The molecule has 206 valence electrons. The van der Waals surface area contributed by atoms with Crippen LogP contribution in [0.15, 0.2) is 48.1 Å². The monoisotopic (exact) mass is 567 g/mol. The summed E-state index contributed by atoms with van der Waals surface area (Å²) in [4.78, 5) is 28.2. The third-order valence-corrected chi connectivity index (χ3v) is 9.67. The quantitative estimate of drug-likeness (QED) is 0.311.